The Morgan fingerprint density at radius 2 is 2.04 bits per heavy atom. The minimum absolute atomic E-state index is 0.182. The highest BCUT2D eigenvalue weighted by Gasteiger charge is 2.13. The van der Waals surface area contributed by atoms with Crippen LogP contribution in [0.3, 0.4) is 0 Å². The largest absolute Gasteiger partial charge is 0.382 e. The van der Waals surface area contributed by atoms with Crippen molar-refractivity contribution < 1.29 is 0 Å². The molecule has 0 aliphatic heterocycles. The third kappa shape index (κ3) is 4.94. The number of imidazole rings is 1. The molecule has 0 atom stereocenters. The average molecular weight is 349 g/mol. The molecule has 0 aromatic carbocycles. The lowest BCUT2D eigenvalue weighted by atomic mass is 10.2. The van der Waals surface area contributed by atoms with E-state index >= 15 is 0 Å². The van der Waals surface area contributed by atoms with E-state index in [9.17, 15) is 4.79 Å². The number of aryl methyl sites for hydroxylation is 1. The number of nitrogens with one attached hydrogen (secondary N) is 2. The van der Waals surface area contributed by atoms with Crippen LogP contribution < -0.4 is 16.7 Å². The number of anilines is 2. The molecule has 0 bridgehead atoms. The SMILES string of the molecule is CCCCNc1nc(N)c2[nH]c(=O)n(CCCCN(C)C(C)C)c2n1. The third-order valence-corrected chi connectivity index (χ3v) is 4.49. The summed E-state index contributed by atoms with van der Waals surface area (Å²) < 4.78 is 1.66. The van der Waals surface area contributed by atoms with Crippen LogP contribution in [0.2, 0.25) is 0 Å². The summed E-state index contributed by atoms with van der Waals surface area (Å²) in [6, 6.07) is 0.528. The van der Waals surface area contributed by atoms with E-state index in [2.05, 4.69) is 53.0 Å². The van der Waals surface area contributed by atoms with Gasteiger partial charge in [-0.15, -0.1) is 0 Å². The van der Waals surface area contributed by atoms with Gasteiger partial charge in [-0.2, -0.15) is 9.97 Å². The lowest BCUT2D eigenvalue weighted by Crippen LogP contribution is -2.27. The first kappa shape index (κ1) is 19.2. The quantitative estimate of drug-likeness (QED) is 0.567. The lowest BCUT2D eigenvalue weighted by molar-refractivity contribution is 0.266. The van der Waals surface area contributed by atoms with Crippen LogP contribution in [-0.2, 0) is 6.54 Å². The maximum atomic E-state index is 12.3. The van der Waals surface area contributed by atoms with Gasteiger partial charge in [0.05, 0.1) is 0 Å². The van der Waals surface area contributed by atoms with Gasteiger partial charge in [0.1, 0.15) is 5.52 Å². The zero-order valence-electron chi connectivity index (χ0n) is 15.8. The zero-order valence-corrected chi connectivity index (χ0v) is 15.8. The molecule has 2 aromatic heterocycles. The van der Waals surface area contributed by atoms with Crippen LogP contribution in [0.1, 0.15) is 46.5 Å². The van der Waals surface area contributed by atoms with Crippen molar-refractivity contribution in [2.24, 2.45) is 0 Å². The van der Waals surface area contributed by atoms with Crippen LogP contribution in [0.5, 0.6) is 0 Å². The smallest absolute Gasteiger partial charge is 0.327 e. The number of fused-ring (bicyclic) bond motifs is 1. The number of hydrogen-bond acceptors (Lipinski definition) is 6. The Hall–Kier alpha value is -2.09. The molecule has 0 amide bonds. The van der Waals surface area contributed by atoms with Gasteiger partial charge in [0.25, 0.3) is 0 Å². The molecule has 0 saturated carbocycles. The van der Waals surface area contributed by atoms with E-state index in [0.29, 0.717) is 35.5 Å². The van der Waals surface area contributed by atoms with Crippen LogP contribution in [0.15, 0.2) is 4.79 Å². The summed E-state index contributed by atoms with van der Waals surface area (Å²) in [5.41, 5.74) is 6.90. The first-order valence-corrected chi connectivity index (χ1v) is 9.14. The Labute approximate surface area is 148 Å². The van der Waals surface area contributed by atoms with Crippen LogP contribution in [-0.4, -0.2) is 50.6 Å². The molecule has 0 aliphatic carbocycles. The number of unbranched alkanes of at least 4 members (excludes halogenated alkanes) is 2. The highest BCUT2D eigenvalue weighted by molar-refractivity contribution is 5.82. The molecule has 8 heteroatoms. The van der Waals surface area contributed by atoms with Gasteiger partial charge in [-0.3, -0.25) is 4.57 Å². The van der Waals surface area contributed by atoms with Crippen molar-refractivity contribution >= 4 is 22.9 Å². The van der Waals surface area contributed by atoms with E-state index in [1.54, 1.807) is 4.57 Å². The maximum absolute atomic E-state index is 12.3. The van der Waals surface area contributed by atoms with Crippen molar-refractivity contribution in [2.75, 3.05) is 31.2 Å². The molecule has 4 N–H and O–H groups in total. The van der Waals surface area contributed by atoms with Crippen LogP contribution in [0.25, 0.3) is 11.2 Å². The molecule has 0 spiro atoms. The Balaban J connectivity index is 2.10. The van der Waals surface area contributed by atoms with Crippen LogP contribution >= 0.6 is 0 Å². The van der Waals surface area contributed by atoms with Gasteiger partial charge in [-0.25, -0.2) is 4.79 Å². The number of aromatic amines is 1. The lowest BCUT2D eigenvalue weighted by Gasteiger charge is -2.20. The molecule has 25 heavy (non-hydrogen) atoms. The van der Waals surface area contributed by atoms with E-state index < -0.39 is 0 Å². The fourth-order valence-electron chi connectivity index (χ4n) is 2.60. The second-order valence-electron chi connectivity index (χ2n) is 6.77. The molecular formula is C17H31N7O. The third-order valence-electron chi connectivity index (χ3n) is 4.49. The summed E-state index contributed by atoms with van der Waals surface area (Å²) in [6.45, 7) is 8.90. The normalized spacial score (nSPS) is 11.8. The van der Waals surface area contributed by atoms with Gasteiger partial charge in [0, 0.05) is 19.1 Å². The Kier molecular flexibility index (Phi) is 6.81. The first-order chi connectivity index (χ1) is 11.9. The molecule has 8 nitrogen and oxygen atoms in total. The molecule has 2 heterocycles. The van der Waals surface area contributed by atoms with Crippen molar-refractivity contribution in [3.8, 4) is 0 Å². The summed E-state index contributed by atoms with van der Waals surface area (Å²) in [4.78, 5) is 26.1. The van der Waals surface area contributed by atoms with Gasteiger partial charge in [-0.05, 0) is 46.7 Å². The summed E-state index contributed by atoms with van der Waals surface area (Å²) in [7, 11) is 2.12. The predicted molar refractivity (Wildman–Crippen MR) is 103 cm³/mol. The monoisotopic (exact) mass is 349 g/mol. The first-order valence-electron chi connectivity index (χ1n) is 9.14. The Morgan fingerprint density at radius 3 is 2.72 bits per heavy atom. The van der Waals surface area contributed by atoms with E-state index in [1.165, 1.54) is 0 Å². The summed E-state index contributed by atoms with van der Waals surface area (Å²) in [5, 5.41) is 3.17. The van der Waals surface area contributed by atoms with Crippen molar-refractivity contribution in [2.45, 2.75) is 59.0 Å². The van der Waals surface area contributed by atoms with Crippen LogP contribution in [0, 0.1) is 0 Å². The Bertz CT molecular complexity index is 734. The summed E-state index contributed by atoms with van der Waals surface area (Å²) in [6.07, 6.45) is 4.05. The molecule has 0 radical (unpaired) electrons. The molecular weight excluding hydrogens is 318 g/mol. The van der Waals surface area contributed by atoms with Gasteiger partial charge in [0.15, 0.2) is 11.5 Å². The highest BCUT2D eigenvalue weighted by atomic mass is 16.1. The van der Waals surface area contributed by atoms with Gasteiger partial charge < -0.3 is 20.9 Å². The van der Waals surface area contributed by atoms with Crippen molar-refractivity contribution in [3.63, 3.8) is 0 Å². The molecule has 0 unspecified atom stereocenters. The fraction of sp³-hybridized carbons (Fsp3) is 0.706. The molecule has 2 rings (SSSR count). The molecule has 0 saturated heterocycles. The molecule has 140 valence electrons. The van der Waals surface area contributed by atoms with Gasteiger partial charge >= 0.3 is 5.69 Å². The summed E-state index contributed by atoms with van der Waals surface area (Å²) in [5.74, 6) is 0.783. The number of H-pyrrole nitrogens is 1. The fourth-order valence-corrected chi connectivity index (χ4v) is 2.60. The Morgan fingerprint density at radius 1 is 1.28 bits per heavy atom. The van der Waals surface area contributed by atoms with E-state index in [4.69, 9.17) is 5.73 Å². The second kappa shape index (κ2) is 8.84. The summed E-state index contributed by atoms with van der Waals surface area (Å²) >= 11 is 0. The molecule has 2 aromatic rings. The van der Waals surface area contributed by atoms with Crippen molar-refractivity contribution in [1.29, 1.82) is 0 Å². The predicted octanol–water partition coefficient (Wildman–Crippen LogP) is 2.03. The second-order valence-corrected chi connectivity index (χ2v) is 6.77. The van der Waals surface area contributed by atoms with Crippen molar-refractivity contribution in [3.05, 3.63) is 10.5 Å². The van der Waals surface area contributed by atoms with Crippen molar-refractivity contribution in [1.82, 2.24) is 24.4 Å². The zero-order chi connectivity index (χ0) is 18.4. The highest BCUT2D eigenvalue weighted by Crippen LogP contribution is 2.17. The van der Waals surface area contributed by atoms with Crippen LogP contribution in [0.4, 0.5) is 11.8 Å². The van der Waals surface area contributed by atoms with E-state index in [0.717, 1.165) is 38.8 Å². The van der Waals surface area contributed by atoms with E-state index in [-0.39, 0.29) is 5.69 Å². The van der Waals surface area contributed by atoms with Gasteiger partial charge in [0.2, 0.25) is 5.95 Å². The average Bonchev–Trinajstić information content (AvgIpc) is 2.88. The molecule has 0 aliphatic rings. The topological polar surface area (TPSA) is 105 Å². The minimum Gasteiger partial charge on any atom is -0.382 e. The number of rotatable bonds is 10. The number of nitrogens with zero attached hydrogens (tertiary/aromatic N) is 4. The number of nitrogens with two attached hydrogens (primary N) is 1. The van der Waals surface area contributed by atoms with Gasteiger partial charge in [-0.1, -0.05) is 13.3 Å². The standard InChI is InChI=1S/C17H31N7O/c1-5-6-9-19-16-21-14(18)13-15(22-16)24(17(25)20-13)11-8-7-10-23(4)12(2)3/h12H,5-11H2,1-4H3,(H,20,25)(H3,18,19,21,22). The molecule has 0 fully saturated rings. The maximum Gasteiger partial charge on any atom is 0.327 e. The number of nitrogen functional groups attached to an aromatic ring is 1. The number of aromatic nitrogens is 4. The van der Waals surface area contributed by atoms with E-state index in [1.807, 2.05) is 0 Å². The minimum atomic E-state index is -0.182. The number of hydrogen-bond donors (Lipinski definition) is 3.